The van der Waals surface area contributed by atoms with Gasteiger partial charge < -0.3 is 15.4 Å². The average molecular weight is 213 g/mol. The number of nitrogen functional groups attached to an aromatic ring is 1. The Morgan fingerprint density at radius 3 is 3.00 bits per heavy atom. The lowest BCUT2D eigenvalue weighted by atomic mass is 10.2. The minimum absolute atomic E-state index is 0.163. The van der Waals surface area contributed by atoms with Gasteiger partial charge in [-0.3, -0.25) is 0 Å². The smallest absolute Gasteiger partial charge is 0.166 e. The molecule has 76 valence electrons. The van der Waals surface area contributed by atoms with Gasteiger partial charge in [0.05, 0.1) is 17.9 Å². The highest BCUT2D eigenvalue weighted by molar-refractivity contribution is 6.31. The van der Waals surface area contributed by atoms with Gasteiger partial charge in [0.2, 0.25) is 0 Å². The molecule has 0 radical (unpaired) electrons. The molecule has 3 nitrogen and oxygen atoms in total. The van der Waals surface area contributed by atoms with Crippen molar-refractivity contribution in [1.29, 1.82) is 0 Å². The van der Waals surface area contributed by atoms with Crippen molar-refractivity contribution in [2.45, 2.75) is 13.0 Å². The monoisotopic (exact) mass is 212 g/mol. The number of likely N-dealkylation sites (N-methyl/N-ethyl adjacent to an activating group) is 1. The Balaban J connectivity index is 2.53. The third-order valence-corrected chi connectivity index (χ3v) is 2.54. The maximum absolute atomic E-state index is 5.92. The van der Waals surface area contributed by atoms with Crippen molar-refractivity contribution in [3.63, 3.8) is 0 Å². The standard InChI is InChI=1S/C10H13ClN2O/c1-6-5-13(2)9-4-7(11)3-8(12)10(9)14-6/h3-4,6H,5,12H2,1-2H3. The molecule has 2 N–H and O–H groups in total. The van der Waals surface area contributed by atoms with Crippen molar-refractivity contribution >= 4 is 23.0 Å². The third kappa shape index (κ3) is 1.48. The summed E-state index contributed by atoms with van der Waals surface area (Å²) in [7, 11) is 2.01. The van der Waals surface area contributed by atoms with Crippen LogP contribution in [0, 0.1) is 0 Å². The summed E-state index contributed by atoms with van der Waals surface area (Å²) in [5.74, 6) is 0.746. The van der Waals surface area contributed by atoms with E-state index in [1.807, 2.05) is 20.0 Å². The van der Waals surface area contributed by atoms with Gasteiger partial charge in [-0.15, -0.1) is 0 Å². The van der Waals surface area contributed by atoms with Crippen LogP contribution in [0.3, 0.4) is 0 Å². The molecular weight excluding hydrogens is 200 g/mol. The lowest BCUT2D eigenvalue weighted by Gasteiger charge is -2.32. The van der Waals surface area contributed by atoms with Crippen LogP contribution in [0.5, 0.6) is 5.75 Å². The molecule has 0 bridgehead atoms. The molecule has 1 aliphatic heterocycles. The first-order valence-electron chi connectivity index (χ1n) is 4.54. The Labute approximate surface area is 88.4 Å². The molecule has 0 amide bonds. The van der Waals surface area contributed by atoms with E-state index in [1.165, 1.54) is 0 Å². The maximum Gasteiger partial charge on any atom is 0.166 e. The quantitative estimate of drug-likeness (QED) is 0.670. The molecule has 0 spiro atoms. The predicted molar refractivity (Wildman–Crippen MR) is 59.2 cm³/mol. The summed E-state index contributed by atoms with van der Waals surface area (Å²) < 4.78 is 5.66. The number of nitrogens with zero attached hydrogens (tertiary/aromatic N) is 1. The number of hydrogen-bond donors (Lipinski definition) is 1. The number of hydrogen-bond acceptors (Lipinski definition) is 3. The van der Waals surface area contributed by atoms with E-state index in [0.29, 0.717) is 10.7 Å². The van der Waals surface area contributed by atoms with Crippen LogP contribution in [-0.4, -0.2) is 19.7 Å². The zero-order valence-electron chi connectivity index (χ0n) is 8.25. The number of benzene rings is 1. The molecule has 1 aliphatic rings. The Morgan fingerprint density at radius 2 is 2.29 bits per heavy atom. The second-order valence-corrected chi connectivity index (χ2v) is 4.09. The van der Waals surface area contributed by atoms with Gasteiger partial charge in [-0.25, -0.2) is 0 Å². The number of halogens is 1. The SMILES string of the molecule is CC1CN(C)c2cc(Cl)cc(N)c2O1. The molecule has 0 saturated carbocycles. The normalized spacial score (nSPS) is 20.2. The van der Waals surface area contributed by atoms with E-state index >= 15 is 0 Å². The van der Waals surface area contributed by atoms with Gasteiger partial charge in [-0.1, -0.05) is 11.6 Å². The van der Waals surface area contributed by atoms with Gasteiger partial charge in [0.15, 0.2) is 5.75 Å². The maximum atomic E-state index is 5.92. The Kier molecular flexibility index (Phi) is 2.19. The highest BCUT2D eigenvalue weighted by Crippen LogP contribution is 2.39. The molecule has 0 aromatic heterocycles. The van der Waals surface area contributed by atoms with Gasteiger partial charge in [-0.2, -0.15) is 0 Å². The fourth-order valence-corrected chi connectivity index (χ4v) is 1.96. The van der Waals surface area contributed by atoms with Crippen molar-refractivity contribution in [2.75, 3.05) is 24.2 Å². The van der Waals surface area contributed by atoms with Crippen LogP contribution >= 0.6 is 11.6 Å². The summed E-state index contributed by atoms with van der Waals surface area (Å²) in [4.78, 5) is 2.10. The molecule has 1 aromatic carbocycles. The van der Waals surface area contributed by atoms with Crippen LogP contribution < -0.4 is 15.4 Å². The molecule has 0 fully saturated rings. The summed E-state index contributed by atoms with van der Waals surface area (Å²) >= 11 is 5.92. The molecule has 0 saturated heterocycles. The first-order chi connectivity index (χ1) is 6.58. The van der Waals surface area contributed by atoms with Crippen LogP contribution in [0.2, 0.25) is 5.02 Å². The topological polar surface area (TPSA) is 38.5 Å². The minimum atomic E-state index is 0.163. The number of ether oxygens (including phenoxy) is 1. The molecule has 2 rings (SSSR count). The van der Waals surface area contributed by atoms with E-state index in [9.17, 15) is 0 Å². The fourth-order valence-electron chi connectivity index (χ4n) is 1.73. The average Bonchev–Trinajstić information content (AvgIpc) is 2.07. The van der Waals surface area contributed by atoms with E-state index in [0.717, 1.165) is 18.0 Å². The second kappa shape index (κ2) is 3.24. The van der Waals surface area contributed by atoms with Crippen molar-refractivity contribution in [2.24, 2.45) is 0 Å². The summed E-state index contributed by atoms with van der Waals surface area (Å²) in [5.41, 5.74) is 7.40. The number of fused-ring (bicyclic) bond motifs is 1. The highest BCUT2D eigenvalue weighted by atomic mass is 35.5. The second-order valence-electron chi connectivity index (χ2n) is 3.65. The van der Waals surface area contributed by atoms with Crippen molar-refractivity contribution in [3.05, 3.63) is 17.2 Å². The first kappa shape index (κ1) is 9.46. The highest BCUT2D eigenvalue weighted by Gasteiger charge is 2.22. The zero-order valence-corrected chi connectivity index (χ0v) is 9.01. The van der Waals surface area contributed by atoms with Crippen molar-refractivity contribution < 1.29 is 4.74 Å². The Hall–Kier alpha value is -1.09. The lowest BCUT2D eigenvalue weighted by molar-refractivity contribution is 0.217. The van der Waals surface area contributed by atoms with Crippen molar-refractivity contribution in [1.82, 2.24) is 0 Å². The lowest BCUT2D eigenvalue weighted by Crippen LogP contribution is -2.35. The Bertz CT molecular complexity index is 367. The summed E-state index contributed by atoms with van der Waals surface area (Å²) in [6, 6.07) is 3.59. The van der Waals surface area contributed by atoms with E-state index in [-0.39, 0.29) is 6.10 Å². The molecule has 1 atom stereocenters. The van der Waals surface area contributed by atoms with Crippen LogP contribution in [0.4, 0.5) is 11.4 Å². The molecule has 0 aliphatic carbocycles. The van der Waals surface area contributed by atoms with Gasteiger partial charge in [0.1, 0.15) is 6.10 Å². The zero-order chi connectivity index (χ0) is 10.3. The van der Waals surface area contributed by atoms with Crippen molar-refractivity contribution in [3.8, 4) is 5.75 Å². The summed E-state index contributed by atoms with van der Waals surface area (Å²) in [6.07, 6.45) is 0.163. The molecular formula is C10H13ClN2O. The van der Waals surface area contributed by atoms with E-state index in [2.05, 4.69) is 4.90 Å². The molecule has 14 heavy (non-hydrogen) atoms. The van der Waals surface area contributed by atoms with Crippen LogP contribution in [-0.2, 0) is 0 Å². The minimum Gasteiger partial charge on any atom is -0.485 e. The molecule has 1 unspecified atom stereocenters. The van der Waals surface area contributed by atoms with E-state index in [1.54, 1.807) is 6.07 Å². The number of rotatable bonds is 0. The van der Waals surface area contributed by atoms with Gasteiger partial charge in [-0.05, 0) is 19.1 Å². The van der Waals surface area contributed by atoms with E-state index < -0.39 is 0 Å². The first-order valence-corrected chi connectivity index (χ1v) is 4.92. The largest absolute Gasteiger partial charge is 0.485 e. The summed E-state index contributed by atoms with van der Waals surface area (Å²) in [6.45, 7) is 2.88. The number of nitrogens with two attached hydrogens (primary N) is 1. The van der Waals surface area contributed by atoms with Gasteiger partial charge in [0.25, 0.3) is 0 Å². The van der Waals surface area contributed by atoms with E-state index in [4.69, 9.17) is 22.1 Å². The van der Waals surface area contributed by atoms with Crippen LogP contribution in [0.15, 0.2) is 12.1 Å². The van der Waals surface area contributed by atoms with Gasteiger partial charge in [0, 0.05) is 12.1 Å². The third-order valence-electron chi connectivity index (χ3n) is 2.32. The van der Waals surface area contributed by atoms with Crippen LogP contribution in [0.25, 0.3) is 0 Å². The molecule has 4 heteroatoms. The van der Waals surface area contributed by atoms with Crippen LogP contribution in [0.1, 0.15) is 6.92 Å². The predicted octanol–water partition coefficient (Wildman–Crippen LogP) is 2.14. The summed E-state index contributed by atoms with van der Waals surface area (Å²) in [5, 5.41) is 0.645. The number of anilines is 2. The fraction of sp³-hybridized carbons (Fsp3) is 0.400. The molecule has 1 heterocycles. The molecule has 1 aromatic rings. The van der Waals surface area contributed by atoms with Gasteiger partial charge >= 0.3 is 0 Å². The Morgan fingerprint density at radius 1 is 1.57 bits per heavy atom.